The van der Waals surface area contributed by atoms with Gasteiger partial charge >= 0.3 is 0 Å². The number of hydrogen-bond donors (Lipinski definition) is 0. The Kier molecular flexibility index (Phi) is 3.15. The molecular formula is C18H9Cl2NO2. The number of carbonyl (C=O) groups excluding carboxylic acids is 2. The number of rotatable bonds is 1. The molecule has 1 aliphatic heterocycles. The van der Waals surface area contributed by atoms with Gasteiger partial charge in [0.05, 0.1) is 26.9 Å². The quantitative estimate of drug-likeness (QED) is 0.587. The molecule has 0 aromatic heterocycles. The summed E-state index contributed by atoms with van der Waals surface area (Å²) in [5, 5.41) is 2.51. The summed E-state index contributed by atoms with van der Waals surface area (Å²) in [7, 11) is 0. The Morgan fingerprint density at radius 1 is 0.696 bits per heavy atom. The summed E-state index contributed by atoms with van der Waals surface area (Å²) < 4.78 is 0. The lowest BCUT2D eigenvalue weighted by atomic mass is 10.0. The first-order chi connectivity index (χ1) is 11.1. The summed E-state index contributed by atoms with van der Waals surface area (Å²) in [5.74, 6) is -0.705. The maximum atomic E-state index is 12.7. The average molecular weight is 342 g/mol. The topological polar surface area (TPSA) is 37.4 Å². The Hall–Kier alpha value is -2.36. The van der Waals surface area contributed by atoms with Crippen LogP contribution in [0.1, 0.15) is 20.7 Å². The van der Waals surface area contributed by atoms with E-state index in [2.05, 4.69) is 0 Å². The SMILES string of the molecule is O=C1c2cc3ccccc3cc2C(=O)N1c1ccc(Cl)c(Cl)c1. The number of amides is 2. The maximum absolute atomic E-state index is 12.7. The number of imide groups is 1. The van der Waals surface area contributed by atoms with Crippen LogP contribution in [0.4, 0.5) is 5.69 Å². The molecule has 0 spiro atoms. The van der Waals surface area contributed by atoms with Crippen LogP contribution in [0.2, 0.25) is 10.0 Å². The van der Waals surface area contributed by atoms with Gasteiger partial charge in [0.1, 0.15) is 0 Å². The predicted octanol–water partition coefficient (Wildman–Crippen LogP) is 4.95. The van der Waals surface area contributed by atoms with Gasteiger partial charge in [-0.25, -0.2) is 4.90 Å². The molecule has 3 aromatic carbocycles. The molecule has 23 heavy (non-hydrogen) atoms. The molecule has 5 heteroatoms. The molecule has 0 radical (unpaired) electrons. The number of fused-ring (bicyclic) bond motifs is 2. The summed E-state index contributed by atoms with van der Waals surface area (Å²) >= 11 is 11.9. The largest absolute Gasteiger partial charge is 0.268 e. The molecule has 2 amide bonds. The standard InChI is InChI=1S/C18H9Cl2NO2/c19-15-6-5-12(9-16(15)20)21-17(22)13-7-10-3-1-2-4-11(10)8-14(13)18(21)23/h1-9H. The lowest BCUT2D eigenvalue weighted by Crippen LogP contribution is -2.29. The monoisotopic (exact) mass is 341 g/mol. The van der Waals surface area contributed by atoms with Gasteiger partial charge in [-0.3, -0.25) is 9.59 Å². The van der Waals surface area contributed by atoms with Crippen molar-refractivity contribution in [1.82, 2.24) is 0 Å². The molecule has 0 saturated carbocycles. The van der Waals surface area contributed by atoms with Crippen LogP contribution < -0.4 is 4.90 Å². The fourth-order valence-electron chi connectivity index (χ4n) is 2.79. The van der Waals surface area contributed by atoms with Gasteiger partial charge in [0.2, 0.25) is 0 Å². The van der Waals surface area contributed by atoms with E-state index in [-0.39, 0.29) is 11.8 Å². The van der Waals surface area contributed by atoms with Crippen molar-refractivity contribution in [3.63, 3.8) is 0 Å². The van der Waals surface area contributed by atoms with E-state index in [1.54, 1.807) is 24.3 Å². The molecule has 0 N–H and O–H groups in total. The average Bonchev–Trinajstić information content (AvgIpc) is 2.79. The first kappa shape index (κ1) is 14.2. The van der Waals surface area contributed by atoms with E-state index in [1.165, 1.54) is 6.07 Å². The number of halogens is 2. The van der Waals surface area contributed by atoms with E-state index in [9.17, 15) is 9.59 Å². The van der Waals surface area contributed by atoms with E-state index in [0.717, 1.165) is 15.7 Å². The van der Waals surface area contributed by atoms with Crippen LogP contribution in [0.3, 0.4) is 0 Å². The second-order valence-corrected chi connectivity index (χ2v) is 6.10. The Bertz CT molecular complexity index is 943. The minimum absolute atomic E-state index is 0.297. The highest BCUT2D eigenvalue weighted by Gasteiger charge is 2.37. The highest BCUT2D eigenvalue weighted by molar-refractivity contribution is 6.42. The third-order valence-electron chi connectivity index (χ3n) is 3.91. The van der Waals surface area contributed by atoms with Crippen LogP contribution in [-0.2, 0) is 0 Å². The van der Waals surface area contributed by atoms with Gasteiger partial charge in [-0.1, -0.05) is 47.5 Å². The lowest BCUT2D eigenvalue weighted by molar-refractivity contribution is 0.0926. The van der Waals surface area contributed by atoms with Crippen molar-refractivity contribution in [2.45, 2.75) is 0 Å². The molecule has 0 aliphatic carbocycles. The summed E-state index contributed by atoms with van der Waals surface area (Å²) in [6.07, 6.45) is 0. The molecule has 0 atom stereocenters. The molecule has 0 saturated heterocycles. The minimum Gasteiger partial charge on any atom is -0.268 e. The van der Waals surface area contributed by atoms with E-state index >= 15 is 0 Å². The molecule has 4 rings (SSSR count). The van der Waals surface area contributed by atoms with Crippen LogP contribution in [0.5, 0.6) is 0 Å². The number of anilines is 1. The van der Waals surface area contributed by atoms with Gasteiger partial charge in [0.15, 0.2) is 0 Å². The van der Waals surface area contributed by atoms with Crippen molar-refractivity contribution >= 4 is 51.5 Å². The zero-order valence-electron chi connectivity index (χ0n) is 11.7. The Morgan fingerprint density at radius 3 is 1.78 bits per heavy atom. The van der Waals surface area contributed by atoms with E-state index in [0.29, 0.717) is 26.9 Å². The van der Waals surface area contributed by atoms with E-state index in [4.69, 9.17) is 23.2 Å². The minimum atomic E-state index is -0.353. The molecule has 0 bridgehead atoms. The smallest absolute Gasteiger partial charge is 0.266 e. The third kappa shape index (κ3) is 2.12. The fourth-order valence-corrected chi connectivity index (χ4v) is 3.08. The van der Waals surface area contributed by atoms with Crippen molar-refractivity contribution in [3.8, 4) is 0 Å². The molecule has 1 heterocycles. The zero-order valence-corrected chi connectivity index (χ0v) is 13.2. The van der Waals surface area contributed by atoms with Gasteiger partial charge in [-0.15, -0.1) is 0 Å². The van der Waals surface area contributed by atoms with Gasteiger partial charge in [-0.05, 0) is 41.1 Å². The van der Waals surface area contributed by atoms with Crippen molar-refractivity contribution in [1.29, 1.82) is 0 Å². The van der Waals surface area contributed by atoms with Crippen LogP contribution in [0.15, 0.2) is 54.6 Å². The summed E-state index contributed by atoms with van der Waals surface area (Å²) in [4.78, 5) is 26.5. The number of benzene rings is 3. The summed E-state index contributed by atoms with van der Waals surface area (Å²) in [6.45, 7) is 0. The first-order valence-corrected chi connectivity index (χ1v) is 7.68. The van der Waals surface area contributed by atoms with E-state index in [1.807, 2.05) is 24.3 Å². The molecule has 3 nitrogen and oxygen atoms in total. The normalized spacial score (nSPS) is 13.7. The number of carbonyl (C=O) groups is 2. The molecular weight excluding hydrogens is 333 g/mol. The highest BCUT2D eigenvalue weighted by Crippen LogP contribution is 2.34. The van der Waals surface area contributed by atoms with Crippen LogP contribution >= 0.6 is 23.2 Å². The summed E-state index contributed by atoms with van der Waals surface area (Å²) in [6, 6.07) is 15.8. The fraction of sp³-hybridized carbons (Fsp3) is 0. The Morgan fingerprint density at radius 2 is 1.26 bits per heavy atom. The summed E-state index contributed by atoms with van der Waals surface area (Å²) in [5.41, 5.74) is 1.22. The Balaban J connectivity index is 1.88. The van der Waals surface area contributed by atoms with E-state index < -0.39 is 0 Å². The van der Waals surface area contributed by atoms with Gasteiger partial charge < -0.3 is 0 Å². The second kappa shape index (κ2) is 5.08. The molecule has 3 aromatic rings. The number of nitrogens with zero attached hydrogens (tertiary/aromatic N) is 1. The lowest BCUT2D eigenvalue weighted by Gasteiger charge is -2.14. The second-order valence-electron chi connectivity index (χ2n) is 5.29. The molecule has 0 fully saturated rings. The molecule has 112 valence electrons. The van der Waals surface area contributed by atoms with Crippen molar-refractivity contribution in [2.24, 2.45) is 0 Å². The molecule has 0 unspecified atom stereocenters. The Labute approximate surface area is 142 Å². The highest BCUT2D eigenvalue weighted by atomic mass is 35.5. The first-order valence-electron chi connectivity index (χ1n) is 6.93. The van der Waals surface area contributed by atoms with Crippen LogP contribution in [0.25, 0.3) is 10.8 Å². The number of hydrogen-bond acceptors (Lipinski definition) is 2. The van der Waals surface area contributed by atoms with Crippen molar-refractivity contribution < 1.29 is 9.59 Å². The van der Waals surface area contributed by atoms with Gasteiger partial charge in [0.25, 0.3) is 11.8 Å². The van der Waals surface area contributed by atoms with Crippen molar-refractivity contribution in [3.05, 3.63) is 75.8 Å². The third-order valence-corrected chi connectivity index (χ3v) is 4.65. The van der Waals surface area contributed by atoms with Gasteiger partial charge in [-0.2, -0.15) is 0 Å². The predicted molar refractivity (Wildman–Crippen MR) is 91.6 cm³/mol. The van der Waals surface area contributed by atoms with Crippen LogP contribution in [-0.4, -0.2) is 11.8 Å². The maximum Gasteiger partial charge on any atom is 0.266 e. The van der Waals surface area contributed by atoms with Gasteiger partial charge in [0, 0.05) is 0 Å². The van der Waals surface area contributed by atoms with Crippen LogP contribution in [0, 0.1) is 0 Å². The molecule has 1 aliphatic rings. The van der Waals surface area contributed by atoms with Crippen molar-refractivity contribution in [2.75, 3.05) is 4.90 Å². The zero-order chi connectivity index (χ0) is 16.1.